The molecule has 8 heavy (non-hydrogen) atoms. The van der Waals surface area contributed by atoms with Crippen LogP contribution in [0.3, 0.4) is 0 Å². The van der Waals surface area contributed by atoms with Crippen LogP contribution in [0.1, 0.15) is 0 Å². The average molecular weight is 127 g/mol. The van der Waals surface area contributed by atoms with E-state index in [-0.39, 0.29) is 35.8 Å². The molecule has 0 aromatic heterocycles. The van der Waals surface area contributed by atoms with Gasteiger partial charge in [0.15, 0.2) is 6.04 Å². The van der Waals surface area contributed by atoms with Crippen molar-refractivity contribution in [2.75, 3.05) is 0 Å². The van der Waals surface area contributed by atoms with Gasteiger partial charge < -0.3 is 15.6 Å². The fourth-order valence-corrected chi connectivity index (χ4v) is 0.0582. The number of hydrogen-bond acceptors (Lipinski definition) is 3. The normalized spacial score (nSPS) is 11.1. The topological polar surface area (TPSA) is 80.4 Å². The Balaban J connectivity index is 0. The summed E-state index contributed by atoms with van der Waals surface area (Å²) < 4.78 is 0. The number of rotatable bonds is 2. The van der Waals surface area contributed by atoms with Crippen LogP contribution in [0.2, 0.25) is 0 Å². The van der Waals surface area contributed by atoms with Crippen LogP contribution in [0, 0.1) is 0 Å². The summed E-state index contributed by atoms with van der Waals surface area (Å²) in [5.41, 5.74) is 4.65. The first-order valence-corrected chi connectivity index (χ1v) is 1.62. The van der Waals surface area contributed by atoms with Crippen LogP contribution >= 0.6 is 0 Å². The molecular weight excluding hydrogens is 121 g/mol. The molecule has 0 aromatic carbocycles. The molecule has 0 bridgehead atoms. The predicted octanol–water partition coefficient (Wildman–Crippen LogP) is -2.05. The molecule has 0 aliphatic heterocycles. The zero-order chi connectivity index (χ0) is 5.86. The standard InChI is InChI=1S/C3H5NO3.Na.H/c4-2(1-5)3(6)7;;/h1-2H,4H2,(H,6,7);;. The second-order valence-electron chi connectivity index (χ2n) is 1.00. The summed E-state index contributed by atoms with van der Waals surface area (Å²) in [6.45, 7) is 0. The molecule has 0 amide bonds. The first-order chi connectivity index (χ1) is 3.18. The maximum atomic E-state index is 9.57. The van der Waals surface area contributed by atoms with E-state index in [4.69, 9.17) is 5.11 Å². The molecule has 0 aromatic rings. The summed E-state index contributed by atoms with van der Waals surface area (Å²) in [5.74, 6) is -1.30. The van der Waals surface area contributed by atoms with E-state index < -0.39 is 12.0 Å². The van der Waals surface area contributed by atoms with Crippen molar-refractivity contribution in [1.82, 2.24) is 0 Å². The Bertz CT molecular complexity index is 94.5. The van der Waals surface area contributed by atoms with Crippen molar-refractivity contribution in [3.8, 4) is 0 Å². The molecule has 1 atom stereocenters. The van der Waals surface area contributed by atoms with Gasteiger partial charge in [-0.2, -0.15) is 0 Å². The number of aldehydes is 1. The third-order valence-electron chi connectivity index (χ3n) is 0.432. The summed E-state index contributed by atoms with van der Waals surface area (Å²) in [6.07, 6.45) is 0.169. The molecule has 5 heteroatoms. The fourth-order valence-electron chi connectivity index (χ4n) is 0.0582. The van der Waals surface area contributed by atoms with Gasteiger partial charge in [-0.3, -0.25) is 4.79 Å². The molecule has 0 heterocycles. The third-order valence-corrected chi connectivity index (χ3v) is 0.432. The van der Waals surface area contributed by atoms with Gasteiger partial charge in [0.2, 0.25) is 0 Å². The predicted molar refractivity (Wildman–Crippen MR) is 28.8 cm³/mol. The molecule has 42 valence electrons. The zero-order valence-corrected chi connectivity index (χ0v) is 3.50. The summed E-state index contributed by atoms with van der Waals surface area (Å²) in [4.78, 5) is 19.0. The minimum absolute atomic E-state index is 0. The Kier molecular flexibility index (Phi) is 7.19. The summed E-state index contributed by atoms with van der Waals surface area (Å²) in [5, 5.41) is 7.83. The van der Waals surface area contributed by atoms with Crippen LogP contribution in [-0.4, -0.2) is 53.0 Å². The van der Waals surface area contributed by atoms with Crippen molar-refractivity contribution < 1.29 is 14.7 Å². The minimum atomic E-state index is -1.36. The van der Waals surface area contributed by atoms with Crippen molar-refractivity contribution in [3.63, 3.8) is 0 Å². The van der Waals surface area contributed by atoms with E-state index in [1.54, 1.807) is 0 Å². The molecule has 0 aliphatic rings. The van der Waals surface area contributed by atoms with Gasteiger partial charge in [0.05, 0.1) is 0 Å². The monoisotopic (exact) mass is 127 g/mol. The van der Waals surface area contributed by atoms with Crippen molar-refractivity contribution >= 4 is 41.8 Å². The molecule has 4 nitrogen and oxygen atoms in total. The molecular formula is C3H6NNaO3. The Labute approximate surface area is 68.3 Å². The molecule has 0 fully saturated rings. The van der Waals surface area contributed by atoms with Crippen molar-refractivity contribution in [3.05, 3.63) is 0 Å². The van der Waals surface area contributed by atoms with Crippen molar-refractivity contribution in [2.24, 2.45) is 5.73 Å². The number of nitrogens with two attached hydrogens (primary N) is 1. The van der Waals surface area contributed by atoms with E-state index >= 15 is 0 Å². The number of carboxylic acids is 1. The number of hydrogen-bond donors (Lipinski definition) is 2. The quantitative estimate of drug-likeness (QED) is 0.254. The molecule has 0 saturated heterocycles. The van der Waals surface area contributed by atoms with Crippen molar-refractivity contribution in [1.29, 1.82) is 0 Å². The summed E-state index contributed by atoms with van der Waals surface area (Å²) in [7, 11) is 0. The SMILES string of the molecule is NC(C=O)C(=O)O.[NaH]. The summed E-state index contributed by atoms with van der Waals surface area (Å²) in [6, 6.07) is -1.36. The number of aliphatic carboxylic acids is 1. The van der Waals surface area contributed by atoms with E-state index in [9.17, 15) is 9.59 Å². The van der Waals surface area contributed by atoms with Gasteiger partial charge in [0.1, 0.15) is 6.29 Å². The number of carbonyl (C=O) groups is 2. The number of carbonyl (C=O) groups excluding carboxylic acids is 1. The van der Waals surface area contributed by atoms with Gasteiger partial charge >= 0.3 is 35.5 Å². The second-order valence-corrected chi connectivity index (χ2v) is 1.00. The molecule has 0 spiro atoms. The molecule has 1 unspecified atom stereocenters. The van der Waals surface area contributed by atoms with Gasteiger partial charge in [0.25, 0.3) is 0 Å². The molecule has 0 aliphatic carbocycles. The van der Waals surface area contributed by atoms with Gasteiger partial charge in [-0.05, 0) is 0 Å². The Morgan fingerprint density at radius 3 is 2.12 bits per heavy atom. The fraction of sp³-hybridized carbons (Fsp3) is 0.333. The van der Waals surface area contributed by atoms with Crippen LogP contribution in [0.5, 0.6) is 0 Å². The van der Waals surface area contributed by atoms with E-state index in [2.05, 4.69) is 5.73 Å². The molecule has 0 rings (SSSR count). The molecule has 3 N–H and O–H groups in total. The summed E-state index contributed by atoms with van der Waals surface area (Å²) >= 11 is 0. The Hall–Kier alpha value is 0.100. The molecule has 0 radical (unpaired) electrons. The van der Waals surface area contributed by atoms with E-state index in [1.807, 2.05) is 0 Å². The van der Waals surface area contributed by atoms with Gasteiger partial charge in [0, 0.05) is 0 Å². The zero-order valence-electron chi connectivity index (χ0n) is 3.50. The first-order valence-electron chi connectivity index (χ1n) is 1.62. The van der Waals surface area contributed by atoms with Crippen molar-refractivity contribution in [2.45, 2.75) is 6.04 Å². The average Bonchev–Trinajstić information content (AvgIpc) is 1.65. The Morgan fingerprint density at radius 2 is 2.12 bits per heavy atom. The van der Waals surface area contributed by atoms with Crippen LogP contribution in [-0.2, 0) is 9.59 Å². The maximum absolute atomic E-state index is 9.57. The van der Waals surface area contributed by atoms with Gasteiger partial charge in [-0.25, -0.2) is 0 Å². The van der Waals surface area contributed by atoms with Gasteiger partial charge in [-0.1, -0.05) is 0 Å². The van der Waals surface area contributed by atoms with E-state index in [0.29, 0.717) is 0 Å². The first kappa shape index (κ1) is 11.0. The molecule has 0 saturated carbocycles. The van der Waals surface area contributed by atoms with Crippen LogP contribution in [0.15, 0.2) is 0 Å². The number of carboxylic acid groups (broad SMARTS) is 1. The third kappa shape index (κ3) is 4.26. The van der Waals surface area contributed by atoms with Crippen LogP contribution in [0.4, 0.5) is 0 Å². The van der Waals surface area contributed by atoms with Crippen LogP contribution < -0.4 is 5.73 Å². The van der Waals surface area contributed by atoms with Crippen LogP contribution in [0.25, 0.3) is 0 Å². The second kappa shape index (κ2) is 5.24. The Morgan fingerprint density at radius 1 is 1.75 bits per heavy atom. The van der Waals surface area contributed by atoms with Gasteiger partial charge in [-0.15, -0.1) is 0 Å². The van der Waals surface area contributed by atoms with E-state index in [1.165, 1.54) is 0 Å². The van der Waals surface area contributed by atoms with E-state index in [0.717, 1.165) is 0 Å².